The van der Waals surface area contributed by atoms with Crippen LogP contribution in [0.1, 0.15) is 0 Å². The van der Waals surface area contributed by atoms with Crippen molar-refractivity contribution in [2.24, 2.45) is 0 Å². The Kier molecular flexibility index (Phi) is 4.95. The first-order chi connectivity index (χ1) is 8.84. The van der Waals surface area contributed by atoms with Crippen LogP contribution in [0.4, 0.5) is 11.4 Å². The van der Waals surface area contributed by atoms with Crippen LogP contribution in [0.25, 0.3) is 0 Å². The molecule has 0 saturated heterocycles. The molecule has 2 N–H and O–H groups in total. The molecule has 0 aliphatic carbocycles. The van der Waals surface area contributed by atoms with Crippen LogP contribution >= 0.6 is 0 Å². The van der Waals surface area contributed by atoms with Crippen LogP contribution in [0, 0.1) is 10.1 Å². The topological polar surface area (TPSA) is 127 Å². The number of sulfone groups is 1. The molecule has 9 heteroatoms. The Morgan fingerprint density at radius 2 is 2.11 bits per heavy atom. The molecule has 0 aliphatic rings. The van der Waals surface area contributed by atoms with E-state index in [4.69, 9.17) is 5.11 Å². The largest absolute Gasteiger partial charge is 0.395 e. The summed E-state index contributed by atoms with van der Waals surface area (Å²) in [5.41, 5.74) is -0.0746. The number of non-ortho nitro benzene ring substituents is 1. The molecule has 0 spiro atoms. The smallest absolute Gasteiger partial charge is 0.271 e. The summed E-state index contributed by atoms with van der Waals surface area (Å²) in [6.45, 7) is -0.563. The van der Waals surface area contributed by atoms with Crippen molar-refractivity contribution in [2.75, 3.05) is 23.4 Å². The summed E-state index contributed by atoms with van der Waals surface area (Å²) in [6.07, 6.45) is 0. The third-order valence-corrected chi connectivity index (χ3v) is 3.60. The first-order valence-electron chi connectivity index (χ1n) is 5.19. The summed E-state index contributed by atoms with van der Waals surface area (Å²) >= 11 is 0. The highest BCUT2D eigenvalue weighted by Gasteiger charge is 2.16. The van der Waals surface area contributed by atoms with Crippen LogP contribution in [0.3, 0.4) is 0 Å². The molecule has 0 aliphatic heterocycles. The Hall–Kier alpha value is -2.00. The normalized spacial score (nSPS) is 11.0. The molecule has 1 aromatic rings. The average molecular weight is 288 g/mol. The minimum atomic E-state index is -3.67. The lowest BCUT2D eigenvalue weighted by atomic mass is 10.3. The third kappa shape index (κ3) is 5.02. The number of aliphatic hydroxyl groups is 1. The lowest BCUT2D eigenvalue weighted by Crippen LogP contribution is -2.25. The van der Waals surface area contributed by atoms with Gasteiger partial charge in [-0.25, -0.2) is 8.42 Å². The second-order valence-corrected chi connectivity index (χ2v) is 5.86. The molecule has 0 aromatic heterocycles. The number of anilines is 1. The number of benzene rings is 1. The molecule has 104 valence electrons. The zero-order valence-corrected chi connectivity index (χ0v) is 10.6. The van der Waals surface area contributed by atoms with Crippen molar-refractivity contribution < 1.29 is 23.2 Å². The fourth-order valence-corrected chi connectivity index (χ4v) is 2.20. The number of aliphatic hydroxyl groups excluding tert-OH is 1. The molecule has 1 amide bonds. The Morgan fingerprint density at radius 1 is 1.42 bits per heavy atom. The van der Waals surface area contributed by atoms with E-state index in [0.717, 1.165) is 6.07 Å². The minimum absolute atomic E-state index is 0.137. The second-order valence-electron chi connectivity index (χ2n) is 3.67. The quantitative estimate of drug-likeness (QED) is 0.557. The maximum atomic E-state index is 11.4. The number of carbonyl (C=O) groups is 1. The predicted octanol–water partition coefficient (Wildman–Crippen LogP) is -0.0596. The molecule has 0 saturated carbocycles. The van der Waals surface area contributed by atoms with Gasteiger partial charge in [-0.3, -0.25) is 14.9 Å². The summed E-state index contributed by atoms with van der Waals surface area (Å²) in [4.78, 5) is 21.3. The molecule has 0 atom stereocenters. The van der Waals surface area contributed by atoms with Gasteiger partial charge in [0.05, 0.1) is 17.3 Å². The highest BCUT2D eigenvalue weighted by molar-refractivity contribution is 7.92. The van der Waals surface area contributed by atoms with E-state index in [2.05, 4.69) is 5.32 Å². The van der Waals surface area contributed by atoms with Gasteiger partial charge in [0.1, 0.15) is 5.75 Å². The van der Waals surface area contributed by atoms with Gasteiger partial charge in [-0.15, -0.1) is 0 Å². The summed E-state index contributed by atoms with van der Waals surface area (Å²) in [5, 5.41) is 21.3. The standard InChI is InChI=1S/C10H12N2O6S/c13-4-5-19(17,18)7-10(14)11-8-2-1-3-9(6-8)12(15)16/h1-3,6,13H,4-5,7H2,(H,11,14). The molecule has 0 heterocycles. The maximum Gasteiger partial charge on any atom is 0.271 e. The van der Waals surface area contributed by atoms with E-state index in [9.17, 15) is 23.3 Å². The van der Waals surface area contributed by atoms with Crippen molar-refractivity contribution in [3.63, 3.8) is 0 Å². The number of hydrogen-bond donors (Lipinski definition) is 2. The predicted molar refractivity (Wildman–Crippen MR) is 67.5 cm³/mol. The summed E-state index contributed by atoms with van der Waals surface area (Å²) in [6, 6.07) is 5.15. The van der Waals surface area contributed by atoms with E-state index in [1.807, 2.05) is 0 Å². The monoisotopic (exact) mass is 288 g/mol. The van der Waals surface area contributed by atoms with Gasteiger partial charge in [0.15, 0.2) is 9.84 Å². The van der Waals surface area contributed by atoms with E-state index in [-0.39, 0.29) is 11.4 Å². The fourth-order valence-electron chi connectivity index (χ4n) is 1.31. The number of nitro benzene ring substituents is 1. The summed E-state index contributed by atoms with van der Waals surface area (Å²) < 4.78 is 22.6. The van der Waals surface area contributed by atoms with Crippen LogP contribution in [-0.4, -0.2) is 42.5 Å². The lowest BCUT2D eigenvalue weighted by Gasteiger charge is -2.05. The SMILES string of the molecule is O=C(CS(=O)(=O)CCO)Nc1cccc([N+](=O)[O-])c1. The van der Waals surface area contributed by atoms with E-state index in [0.29, 0.717) is 0 Å². The van der Waals surface area contributed by atoms with Crippen molar-refractivity contribution in [1.29, 1.82) is 0 Å². The van der Waals surface area contributed by atoms with Gasteiger partial charge in [-0.05, 0) is 6.07 Å². The lowest BCUT2D eigenvalue weighted by molar-refractivity contribution is -0.384. The molecule has 0 bridgehead atoms. The number of hydrogen-bond acceptors (Lipinski definition) is 6. The van der Waals surface area contributed by atoms with Gasteiger partial charge in [-0.1, -0.05) is 6.07 Å². The van der Waals surface area contributed by atoms with Crippen molar-refractivity contribution in [3.8, 4) is 0 Å². The Bertz CT molecular complexity index is 583. The Labute approximate surface area is 109 Å². The van der Waals surface area contributed by atoms with Gasteiger partial charge < -0.3 is 10.4 Å². The molecule has 1 rings (SSSR count). The number of carbonyl (C=O) groups excluding carboxylic acids is 1. The Balaban J connectivity index is 2.72. The van der Waals surface area contributed by atoms with Crippen molar-refractivity contribution in [1.82, 2.24) is 0 Å². The molecular weight excluding hydrogens is 276 g/mol. The summed E-state index contributed by atoms with van der Waals surface area (Å²) in [5.74, 6) is -2.10. The highest BCUT2D eigenvalue weighted by Crippen LogP contribution is 2.16. The fraction of sp³-hybridized carbons (Fsp3) is 0.300. The summed E-state index contributed by atoms with van der Waals surface area (Å²) in [7, 11) is -3.67. The number of amides is 1. The third-order valence-electron chi connectivity index (χ3n) is 2.09. The number of nitro groups is 1. The van der Waals surface area contributed by atoms with Gasteiger partial charge >= 0.3 is 0 Å². The maximum absolute atomic E-state index is 11.4. The van der Waals surface area contributed by atoms with E-state index in [1.165, 1.54) is 18.2 Å². The van der Waals surface area contributed by atoms with Crippen LogP contribution in [0.5, 0.6) is 0 Å². The van der Waals surface area contributed by atoms with Gasteiger partial charge in [0.25, 0.3) is 5.69 Å². The van der Waals surface area contributed by atoms with Crippen LogP contribution in [0.2, 0.25) is 0 Å². The Morgan fingerprint density at radius 3 is 2.68 bits per heavy atom. The second kappa shape index (κ2) is 6.25. The molecule has 19 heavy (non-hydrogen) atoms. The molecular formula is C10H12N2O6S. The van der Waals surface area contributed by atoms with Crippen molar-refractivity contribution in [2.45, 2.75) is 0 Å². The first-order valence-corrected chi connectivity index (χ1v) is 7.02. The van der Waals surface area contributed by atoms with Gasteiger partial charge in [0.2, 0.25) is 5.91 Å². The van der Waals surface area contributed by atoms with Crippen molar-refractivity contribution >= 4 is 27.1 Å². The molecule has 1 aromatic carbocycles. The van der Waals surface area contributed by atoms with Crippen LogP contribution in [0.15, 0.2) is 24.3 Å². The molecule has 0 radical (unpaired) electrons. The number of nitrogens with one attached hydrogen (secondary N) is 1. The first kappa shape index (κ1) is 15.1. The zero-order chi connectivity index (χ0) is 14.5. The minimum Gasteiger partial charge on any atom is -0.395 e. The van der Waals surface area contributed by atoms with Gasteiger partial charge in [-0.2, -0.15) is 0 Å². The zero-order valence-electron chi connectivity index (χ0n) is 9.77. The number of nitrogens with zero attached hydrogens (tertiary/aromatic N) is 1. The van der Waals surface area contributed by atoms with Crippen LogP contribution in [-0.2, 0) is 14.6 Å². The molecule has 8 nitrogen and oxygen atoms in total. The highest BCUT2D eigenvalue weighted by atomic mass is 32.2. The molecule has 0 fully saturated rings. The van der Waals surface area contributed by atoms with Crippen LogP contribution < -0.4 is 5.32 Å². The van der Waals surface area contributed by atoms with Crippen molar-refractivity contribution in [3.05, 3.63) is 34.4 Å². The molecule has 0 unspecified atom stereocenters. The number of rotatable bonds is 6. The van der Waals surface area contributed by atoms with E-state index >= 15 is 0 Å². The van der Waals surface area contributed by atoms with E-state index in [1.54, 1.807) is 0 Å². The average Bonchev–Trinajstić information content (AvgIpc) is 2.27. The van der Waals surface area contributed by atoms with Gasteiger partial charge in [0, 0.05) is 17.8 Å². The van der Waals surface area contributed by atoms with E-state index < -0.39 is 38.8 Å².